The number of likely N-dealkylation sites (N-methyl/N-ethyl adjacent to an activating group) is 1. The summed E-state index contributed by atoms with van der Waals surface area (Å²) in [5.41, 5.74) is 6.90. The number of methoxy groups -OCH3 is 1. The number of halogens is 2. The predicted molar refractivity (Wildman–Crippen MR) is 88.3 cm³/mol. The van der Waals surface area contributed by atoms with Crippen LogP contribution in [0.5, 0.6) is 5.75 Å². The van der Waals surface area contributed by atoms with Gasteiger partial charge in [0.2, 0.25) is 5.91 Å². The van der Waals surface area contributed by atoms with Gasteiger partial charge in [-0.15, -0.1) is 24.8 Å². The fourth-order valence-electron chi connectivity index (χ4n) is 1.37. The van der Waals surface area contributed by atoms with Crippen LogP contribution in [0.2, 0.25) is 0 Å². The summed E-state index contributed by atoms with van der Waals surface area (Å²) < 4.78 is 5.09. The van der Waals surface area contributed by atoms with E-state index < -0.39 is 0 Å². The first-order valence-corrected chi connectivity index (χ1v) is 5.87. The SMILES string of the molecule is COc1ccc(N)c(NC(=O)CN(C)C(C)C)c1.Cl.Cl. The maximum atomic E-state index is 11.8. The minimum atomic E-state index is -0.0915. The van der Waals surface area contributed by atoms with Gasteiger partial charge >= 0.3 is 0 Å². The van der Waals surface area contributed by atoms with Crippen molar-refractivity contribution in [1.82, 2.24) is 4.90 Å². The Balaban J connectivity index is 0. The summed E-state index contributed by atoms with van der Waals surface area (Å²) in [6, 6.07) is 5.49. The summed E-state index contributed by atoms with van der Waals surface area (Å²) in [5.74, 6) is 0.572. The van der Waals surface area contributed by atoms with E-state index in [4.69, 9.17) is 10.5 Å². The molecule has 0 fully saturated rings. The number of carbonyl (C=O) groups is 1. The van der Waals surface area contributed by atoms with E-state index in [1.165, 1.54) is 0 Å². The second-order valence-corrected chi connectivity index (χ2v) is 4.51. The summed E-state index contributed by atoms with van der Waals surface area (Å²) in [4.78, 5) is 13.8. The number of hydrogen-bond acceptors (Lipinski definition) is 4. The van der Waals surface area contributed by atoms with Gasteiger partial charge in [-0.2, -0.15) is 0 Å². The Bertz CT molecular complexity index is 428. The molecule has 1 amide bonds. The number of nitrogens with zero attached hydrogens (tertiary/aromatic N) is 1. The Morgan fingerprint density at radius 1 is 1.40 bits per heavy atom. The van der Waals surface area contributed by atoms with Crippen LogP contribution in [-0.2, 0) is 4.79 Å². The fraction of sp³-hybridized carbons (Fsp3) is 0.462. The lowest BCUT2D eigenvalue weighted by atomic mass is 10.2. The van der Waals surface area contributed by atoms with Gasteiger partial charge in [-0.3, -0.25) is 9.69 Å². The molecule has 0 saturated heterocycles. The molecule has 5 nitrogen and oxygen atoms in total. The third-order valence-electron chi connectivity index (χ3n) is 2.81. The van der Waals surface area contributed by atoms with Crippen LogP contribution in [0.3, 0.4) is 0 Å². The number of hydrogen-bond donors (Lipinski definition) is 2. The zero-order chi connectivity index (χ0) is 13.7. The molecule has 0 aliphatic rings. The highest BCUT2D eigenvalue weighted by atomic mass is 35.5. The van der Waals surface area contributed by atoms with Crippen molar-refractivity contribution in [3.63, 3.8) is 0 Å². The molecule has 0 radical (unpaired) electrons. The topological polar surface area (TPSA) is 67.6 Å². The van der Waals surface area contributed by atoms with Gasteiger partial charge in [0, 0.05) is 12.1 Å². The maximum Gasteiger partial charge on any atom is 0.238 e. The third-order valence-corrected chi connectivity index (χ3v) is 2.81. The van der Waals surface area contributed by atoms with Crippen molar-refractivity contribution < 1.29 is 9.53 Å². The molecule has 0 aromatic heterocycles. The van der Waals surface area contributed by atoms with Crippen molar-refractivity contribution in [2.45, 2.75) is 19.9 Å². The van der Waals surface area contributed by atoms with Crippen LogP contribution in [0.25, 0.3) is 0 Å². The second kappa shape index (κ2) is 9.69. The molecule has 3 N–H and O–H groups in total. The van der Waals surface area contributed by atoms with E-state index in [1.54, 1.807) is 25.3 Å². The molecule has 0 unspecified atom stereocenters. The molecule has 0 aliphatic heterocycles. The summed E-state index contributed by atoms with van der Waals surface area (Å²) in [6.07, 6.45) is 0. The van der Waals surface area contributed by atoms with Crippen LogP contribution in [0.1, 0.15) is 13.8 Å². The molecule has 0 bridgehead atoms. The lowest BCUT2D eigenvalue weighted by Gasteiger charge is -2.20. The van der Waals surface area contributed by atoms with Crippen molar-refractivity contribution in [1.29, 1.82) is 0 Å². The van der Waals surface area contributed by atoms with Crippen molar-refractivity contribution >= 4 is 42.1 Å². The first-order chi connectivity index (χ1) is 8.43. The molecule has 1 aromatic carbocycles. The minimum Gasteiger partial charge on any atom is -0.497 e. The monoisotopic (exact) mass is 323 g/mol. The van der Waals surface area contributed by atoms with Crippen molar-refractivity contribution in [2.75, 3.05) is 31.8 Å². The first-order valence-electron chi connectivity index (χ1n) is 5.87. The summed E-state index contributed by atoms with van der Waals surface area (Å²) in [7, 11) is 3.48. The fourth-order valence-corrected chi connectivity index (χ4v) is 1.37. The molecule has 7 heteroatoms. The molecular formula is C13H23Cl2N3O2. The molecule has 0 saturated carbocycles. The normalized spacial score (nSPS) is 9.70. The highest BCUT2D eigenvalue weighted by Gasteiger charge is 2.11. The third kappa shape index (κ3) is 6.32. The van der Waals surface area contributed by atoms with Crippen molar-refractivity contribution in [3.05, 3.63) is 18.2 Å². The van der Waals surface area contributed by atoms with Gasteiger partial charge in [0.15, 0.2) is 0 Å². The standard InChI is InChI=1S/C13H21N3O2.2ClH/c1-9(2)16(3)8-13(17)15-12-7-10(18-4)5-6-11(12)14;;/h5-7,9H,8,14H2,1-4H3,(H,15,17);2*1H. The van der Waals surface area contributed by atoms with Crippen LogP contribution in [0.4, 0.5) is 11.4 Å². The van der Waals surface area contributed by atoms with Gasteiger partial charge in [0.05, 0.1) is 25.0 Å². The number of carbonyl (C=O) groups excluding carboxylic acids is 1. The molecule has 20 heavy (non-hydrogen) atoms. The molecular weight excluding hydrogens is 301 g/mol. The zero-order valence-electron chi connectivity index (χ0n) is 12.2. The van der Waals surface area contributed by atoms with Crippen molar-refractivity contribution in [2.24, 2.45) is 0 Å². The Labute approximate surface area is 132 Å². The molecule has 116 valence electrons. The van der Waals surface area contributed by atoms with Gasteiger partial charge in [0.25, 0.3) is 0 Å². The van der Waals surface area contributed by atoms with Gasteiger partial charge in [-0.25, -0.2) is 0 Å². The number of nitrogens with one attached hydrogen (secondary N) is 1. The van der Waals surface area contributed by atoms with Gasteiger partial charge in [-0.05, 0) is 33.0 Å². The minimum absolute atomic E-state index is 0. The molecule has 0 atom stereocenters. The number of amides is 1. The number of rotatable bonds is 5. The summed E-state index contributed by atoms with van der Waals surface area (Å²) in [6.45, 7) is 4.40. The Hall–Kier alpha value is -1.17. The van der Waals surface area contributed by atoms with E-state index in [1.807, 2.05) is 25.8 Å². The number of anilines is 2. The number of ether oxygens (including phenoxy) is 1. The quantitative estimate of drug-likeness (QED) is 0.816. The Morgan fingerprint density at radius 3 is 2.50 bits per heavy atom. The number of nitrogens with two attached hydrogens (primary N) is 1. The van der Waals surface area contributed by atoms with Crippen LogP contribution >= 0.6 is 24.8 Å². The highest BCUT2D eigenvalue weighted by Crippen LogP contribution is 2.24. The van der Waals surface area contributed by atoms with E-state index in [0.29, 0.717) is 29.7 Å². The first kappa shape index (κ1) is 21.1. The summed E-state index contributed by atoms with van der Waals surface area (Å²) in [5, 5.41) is 2.79. The molecule has 1 rings (SSSR count). The molecule has 1 aromatic rings. The molecule has 0 spiro atoms. The van der Waals surface area contributed by atoms with E-state index in [2.05, 4.69) is 5.32 Å². The molecule has 0 aliphatic carbocycles. The lowest BCUT2D eigenvalue weighted by molar-refractivity contribution is -0.117. The zero-order valence-corrected chi connectivity index (χ0v) is 13.8. The van der Waals surface area contributed by atoms with Crippen LogP contribution in [0.15, 0.2) is 18.2 Å². The second-order valence-electron chi connectivity index (χ2n) is 4.51. The van der Waals surface area contributed by atoms with Crippen LogP contribution in [0, 0.1) is 0 Å². The molecule has 0 heterocycles. The summed E-state index contributed by atoms with van der Waals surface area (Å²) >= 11 is 0. The average molecular weight is 324 g/mol. The van der Waals surface area contributed by atoms with E-state index >= 15 is 0 Å². The van der Waals surface area contributed by atoms with E-state index in [9.17, 15) is 4.79 Å². The largest absolute Gasteiger partial charge is 0.497 e. The van der Waals surface area contributed by atoms with Crippen LogP contribution < -0.4 is 15.8 Å². The van der Waals surface area contributed by atoms with E-state index in [0.717, 1.165) is 0 Å². The average Bonchev–Trinajstić information content (AvgIpc) is 2.31. The van der Waals surface area contributed by atoms with Gasteiger partial charge in [-0.1, -0.05) is 0 Å². The smallest absolute Gasteiger partial charge is 0.238 e. The lowest BCUT2D eigenvalue weighted by Crippen LogP contribution is -2.34. The maximum absolute atomic E-state index is 11.8. The van der Waals surface area contributed by atoms with Crippen LogP contribution in [-0.4, -0.2) is 37.6 Å². The van der Waals surface area contributed by atoms with Crippen molar-refractivity contribution in [3.8, 4) is 5.75 Å². The Kier molecular flexibility index (Phi) is 10.2. The highest BCUT2D eigenvalue weighted by molar-refractivity contribution is 5.95. The predicted octanol–water partition coefficient (Wildman–Crippen LogP) is 2.40. The Morgan fingerprint density at radius 2 is 2.00 bits per heavy atom. The van der Waals surface area contributed by atoms with Gasteiger partial charge in [0.1, 0.15) is 5.75 Å². The number of benzene rings is 1. The van der Waals surface area contributed by atoms with Gasteiger partial charge < -0.3 is 15.8 Å². The van der Waals surface area contributed by atoms with E-state index in [-0.39, 0.29) is 30.7 Å². The number of nitrogen functional groups attached to an aromatic ring is 1.